The summed E-state index contributed by atoms with van der Waals surface area (Å²) < 4.78 is 24.0. The fraction of sp³-hybridized carbons (Fsp3) is 0.333. The average molecular weight is 465 g/mol. The third-order valence-corrected chi connectivity index (χ3v) is 6.03. The maximum absolute atomic E-state index is 13.4. The van der Waals surface area contributed by atoms with Crippen LogP contribution in [0, 0.1) is 12.7 Å². The highest BCUT2D eigenvalue weighted by Crippen LogP contribution is 2.25. The molecule has 10 heteroatoms. The number of hydrogen-bond acceptors (Lipinski definition) is 7. The van der Waals surface area contributed by atoms with Crippen LogP contribution in [0.3, 0.4) is 0 Å². The summed E-state index contributed by atoms with van der Waals surface area (Å²) in [6, 6.07) is 13.1. The van der Waals surface area contributed by atoms with Crippen molar-refractivity contribution >= 4 is 17.7 Å². The third kappa shape index (κ3) is 4.62. The summed E-state index contributed by atoms with van der Waals surface area (Å²) in [7, 11) is 0. The van der Waals surface area contributed by atoms with Crippen LogP contribution < -0.4 is 4.90 Å². The molecule has 1 unspecified atom stereocenters. The van der Waals surface area contributed by atoms with Gasteiger partial charge in [-0.25, -0.2) is 9.18 Å². The maximum atomic E-state index is 13.4. The number of ether oxygens (including phenoxy) is 1. The second kappa shape index (κ2) is 9.22. The molecule has 9 nitrogen and oxygen atoms in total. The van der Waals surface area contributed by atoms with Gasteiger partial charge in [0.25, 0.3) is 5.91 Å². The average Bonchev–Trinajstić information content (AvgIpc) is 3.44. The van der Waals surface area contributed by atoms with E-state index < -0.39 is 5.82 Å². The number of aromatic nitrogens is 2. The quantitative estimate of drug-likeness (QED) is 0.572. The summed E-state index contributed by atoms with van der Waals surface area (Å²) in [5.41, 5.74) is 1.90. The van der Waals surface area contributed by atoms with Crippen molar-refractivity contribution in [3.8, 4) is 11.4 Å². The Morgan fingerprint density at radius 2 is 1.88 bits per heavy atom. The first kappa shape index (κ1) is 22.0. The third-order valence-electron chi connectivity index (χ3n) is 6.03. The molecule has 2 aliphatic heterocycles. The lowest BCUT2D eigenvalue weighted by atomic mass is 10.1. The van der Waals surface area contributed by atoms with E-state index >= 15 is 0 Å². The van der Waals surface area contributed by atoms with Crippen LogP contribution in [0.2, 0.25) is 0 Å². The molecule has 0 radical (unpaired) electrons. The summed E-state index contributed by atoms with van der Waals surface area (Å²) in [4.78, 5) is 34.8. The Morgan fingerprint density at radius 1 is 1.12 bits per heavy atom. The maximum Gasteiger partial charge on any atom is 0.414 e. The van der Waals surface area contributed by atoms with E-state index in [1.54, 1.807) is 28.9 Å². The molecule has 2 amide bonds. The molecule has 2 saturated heterocycles. The van der Waals surface area contributed by atoms with Gasteiger partial charge in [0.1, 0.15) is 11.9 Å². The van der Waals surface area contributed by atoms with E-state index in [0.717, 1.165) is 11.3 Å². The normalized spacial score (nSPS) is 18.9. The van der Waals surface area contributed by atoms with Gasteiger partial charge in [-0.2, -0.15) is 4.98 Å². The number of carbonyl (C=O) groups is 2. The van der Waals surface area contributed by atoms with Crippen molar-refractivity contribution in [1.82, 2.24) is 19.9 Å². The Hall–Kier alpha value is -3.79. The van der Waals surface area contributed by atoms with Gasteiger partial charge in [-0.1, -0.05) is 11.2 Å². The van der Waals surface area contributed by atoms with Gasteiger partial charge >= 0.3 is 6.09 Å². The molecule has 2 aromatic carbocycles. The SMILES string of the molecule is Cc1nc(-c2ccc(N3CC(CN4CCN(C(=O)c5cccc(F)c5)CC4)OC3=O)cc2)no1. The first-order valence-electron chi connectivity index (χ1n) is 11.1. The van der Waals surface area contributed by atoms with Gasteiger partial charge in [-0.05, 0) is 42.5 Å². The largest absolute Gasteiger partial charge is 0.443 e. The molecule has 2 fully saturated rings. The number of hydrogen-bond donors (Lipinski definition) is 0. The molecule has 3 aromatic rings. The number of aryl methyl sites for hydroxylation is 1. The second-order valence-electron chi connectivity index (χ2n) is 8.40. The molecule has 3 heterocycles. The zero-order valence-electron chi connectivity index (χ0n) is 18.7. The number of nitrogens with zero attached hydrogens (tertiary/aromatic N) is 5. The van der Waals surface area contributed by atoms with Gasteiger partial charge in [0.15, 0.2) is 0 Å². The van der Waals surface area contributed by atoms with Crippen LogP contribution >= 0.6 is 0 Å². The Kier molecular flexibility index (Phi) is 5.97. The van der Waals surface area contributed by atoms with Crippen LogP contribution in [0.15, 0.2) is 53.1 Å². The summed E-state index contributed by atoms with van der Waals surface area (Å²) in [6.07, 6.45) is -0.648. The minimum atomic E-state index is -0.420. The van der Waals surface area contributed by atoms with Gasteiger partial charge in [0.05, 0.1) is 6.54 Å². The van der Waals surface area contributed by atoms with E-state index in [4.69, 9.17) is 9.26 Å². The Bertz CT molecular complexity index is 1190. The van der Waals surface area contributed by atoms with Crippen LogP contribution in [-0.2, 0) is 4.74 Å². The van der Waals surface area contributed by atoms with Crippen molar-refractivity contribution in [3.05, 3.63) is 65.8 Å². The van der Waals surface area contributed by atoms with Crippen LogP contribution in [0.4, 0.5) is 14.9 Å². The van der Waals surface area contributed by atoms with Crippen LogP contribution in [0.5, 0.6) is 0 Å². The Morgan fingerprint density at radius 3 is 2.56 bits per heavy atom. The van der Waals surface area contributed by atoms with Crippen molar-refractivity contribution in [2.45, 2.75) is 13.0 Å². The van der Waals surface area contributed by atoms with E-state index in [1.165, 1.54) is 12.1 Å². The minimum absolute atomic E-state index is 0.169. The summed E-state index contributed by atoms with van der Waals surface area (Å²) in [5.74, 6) is 0.402. The lowest BCUT2D eigenvalue weighted by Gasteiger charge is -2.35. The minimum Gasteiger partial charge on any atom is -0.443 e. The van der Waals surface area contributed by atoms with Gasteiger partial charge in [-0.15, -0.1) is 0 Å². The summed E-state index contributed by atoms with van der Waals surface area (Å²) >= 11 is 0. The fourth-order valence-electron chi connectivity index (χ4n) is 4.26. The highest BCUT2D eigenvalue weighted by atomic mass is 19.1. The summed E-state index contributed by atoms with van der Waals surface area (Å²) in [6.45, 7) is 5.16. The van der Waals surface area contributed by atoms with E-state index in [0.29, 0.717) is 56.5 Å². The molecular formula is C24H24FN5O4. The molecule has 0 bridgehead atoms. The first-order chi connectivity index (χ1) is 16.5. The zero-order chi connectivity index (χ0) is 23.7. The first-order valence-corrected chi connectivity index (χ1v) is 11.1. The smallest absolute Gasteiger partial charge is 0.414 e. The van der Waals surface area contributed by atoms with E-state index in [2.05, 4.69) is 15.0 Å². The monoisotopic (exact) mass is 465 g/mol. The lowest BCUT2D eigenvalue weighted by molar-refractivity contribution is 0.0551. The van der Waals surface area contributed by atoms with Gasteiger partial charge < -0.3 is 14.2 Å². The highest BCUT2D eigenvalue weighted by molar-refractivity contribution is 5.94. The topological polar surface area (TPSA) is 92.0 Å². The Balaban J connectivity index is 1.14. The van der Waals surface area contributed by atoms with E-state index in [9.17, 15) is 14.0 Å². The van der Waals surface area contributed by atoms with Crippen molar-refractivity contribution < 1.29 is 23.2 Å². The van der Waals surface area contributed by atoms with Gasteiger partial charge in [0, 0.05) is 56.5 Å². The van der Waals surface area contributed by atoms with Crippen LogP contribution in [0.1, 0.15) is 16.2 Å². The molecule has 0 spiro atoms. The van der Waals surface area contributed by atoms with Crippen LogP contribution in [-0.4, -0.2) is 77.3 Å². The van der Waals surface area contributed by atoms with Crippen LogP contribution in [0.25, 0.3) is 11.4 Å². The molecule has 5 rings (SSSR count). The van der Waals surface area contributed by atoms with Crippen molar-refractivity contribution in [2.24, 2.45) is 0 Å². The molecule has 176 valence electrons. The molecule has 1 aromatic heterocycles. The number of halogens is 1. The van der Waals surface area contributed by atoms with Gasteiger partial charge in [0.2, 0.25) is 11.7 Å². The number of rotatable bonds is 5. The molecule has 1 atom stereocenters. The molecule has 0 aliphatic carbocycles. The second-order valence-corrected chi connectivity index (χ2v) is 8.40. The number of carbonyl (C=O) groups excluding carboxylic acids is 2. The van der Waals surface area contributed by atoms with Gasteiger partial charge in [-0.3, -0.25) is 14.6 Å². The number of cyclic esters (lactones) is 1. The molecule has 0 N–H and O–H groups in total. The fourth-order valence-corrected chi connectivity index (χ4v) is 4.26. The molecule has 34 heavy (non-hydrogen) atoms. The number of benzene rings is 2. The highest BCUT2D eigenvalue weighted by Gasteiger charge is 2.34. The predicted octanol–water partition coefficient (Wildman–Crippen LogP) is 2.97. The number of piperazine rings is 1. The number of anilines is 1. The van der Waals surface area contributed by atoms with E-state index in [1.807, 2.05) is 24.3 Å². The molecular weight excluding hydrogens is 441 g/mol. The molecule has 2 aliphatic rings. The van der Waals surface area contributed by atoms with E-state index in [-0.39, 0.29) is 18.1 Å². The summed E-state index contributed by atoms with van der Waals surface area (Å²) in [5, 5.41) is 3.90. The Labute approximate surface area is 195 Å². The van der Waals surface area contributed by atoms with Crippen molar-refractivity contribution in [2.75, 3.05) is 44.2 Å². The van der Waals surface area contributed by atoms with Crippen molar-refractivity contribution in [1.29, 1.82) is 0 Å². The predicted molar refractivity (Wildman–Crippen MR) is 121 cm³/mol. The number of amides is 2. The standard InChI is InChI=1S/C24H24FN5O4/c1-16-26-22(27-34-16)17-5-7-20(8-6-17)30-15-21(33-24(30)32)14-28-9-11-29(12-10-28)23(31)18-3-2-4-19(25)13-18/h2-8,13,21H,9-12,14-15H2,1H3. The molecule has 0 saturated carbocycles. The zero-order valence-corrected chi connectivity index (χ0v) is 18.7. The van der Waals surface area contributed by atoms with Crippen molar-refractivity contribution in [3.63, 3.8) is 0 Å². The lowest BCUT2D eigenvalue weighted by Crippen LogP contribution is -2.50.